The van der Waals surface area contributed by atoms with E-state index in [2.05, 4.69) is 16.2 Å². The summed E-state index contributed by atoms with van der Waals surface area (Å²) < 4.78 is 5.27. The van der Waals surface area contributed by atoms with E-state index < -0.39 is 0 Å². The Balaban J connectivity index is 1.57. The van der Waals surface area contributed by atoms with Crippen LogP contribution in [0.1, 0.15) is 17.2 Å². The van der Waals surface area contributed by atoms with Crippen LogP contribution < -0.4 is 20.9 Å². The summed E-state index contributed by atoms with van der Waals surface area (Å²) in [7, 11) is 1.64. The second-order valence-corrected chi connectivity index (χ2v) is 6.49. The number of rotatable bonds is 6. The molecule has 0 saturated carbocycles. The lowest BCUT2D eigenvalue weighted by molar-refractivity contribution is -0.124. The SMILES string of the molecule is COc1cccc(C2NNCC2C(=O)NCCc2ccc(Cl)cc2)c1. The van der Waals surface area contributed by atoms with E-state index in [4.69, 9.17) is 16.3 Å². The molecule has 0 aromatic heterocycles. The molecule has 1 aliphatic heterocycles. The molecule has 2 unspecified atom stereocenters. The smallest absolute Gasteiger partial charge is 0.226 e. The standard InChI is InChI=1S/C19H22ClN3O2/c1-25-16-4-2-3-14(11-16)18-17(12-22-23-18)19(24)21-10-9-13-5-7-15(20)8-6-13/h2-8,11,17-18,22-23H,9-10,12H2,1H3,(H,21,24). The van der Waals surface area contributed by atoms with Crippen molar-refractivity contribution >= 4 is 17.5 Å². The molecule has 3 rings (SSSR count). The lowest BCUT2D eigenvalue weighted by atomic mass is 9.94. The van der Waals surface area contributed by atoms with Gasteiger partial charge in [0.05, 0.1) is 19.1 Å². The minimum atomic E-state index is -0.169. The Morgan fingerprint density at radius 2 is 2.08 bits per heavy atom. The summed E-state index contributed by atoms with van der Waals surface area (Å²) in [6.45, 7) is 1.19. The van der Waals surface area contributed by atoms with Crippen LogP contribution in [-0.4, -0.2) is 26.1 Å². The quantitative estimate of drug-likeness (QED) is 0.741. The summed E-state index contributed by atoms with van der Waals surface area (Å²) in [5, 5.41) is 3.75. The lowest BCUT2D eigenvalue weighted by Gasteiger charge is -2.19. The summed E-state index contributed by atoms with van der Waals surface area (Å²) >= 11 is 5.89. The lowest BCUT2D eigenvalue weighted by Crippen LogP contribution is -2.36. The number of amides is 1. The number of hydrogen-bond donors (Lipinski definition) is 3. The maximum Gasteiger partial charge on any atom is 0.226 e. The predicted molar refractivity (Wildman–Crippen MR) is 98.5 cm³/mol. The van der Waals surface area contributed by atoms with Crippen molar-refractivity contribution < 1.29 is 9.53 Å². The van der Waals surface area contributed by atoms with Gasteiger partial charge in [0, 0.05) is 18.1 Å². The summed E-state index contributed by atoms with van der Waals surface area (Å²) in [4.78, 5) is 12.6. The summed E-state index contributed by atoms with van der Waals surface area (Å²) in [5.74, 6) is 0.657. The van der Waals surface area contributed by atoms with Gasteiger partial charge in [0.15, 0.2) is 0 Å². The van der Waals surface area contributed by atoms with Gasteiger partial charge in [-0.3, -0.25) is 10.2 Å². The largest absolute Gasteiger partial charge is 0.497 e. The molecule has 1 saturated heterocycles. The number of carbonyl (C=O) groups excluding carboxylic acids is 1. The molecule has 25 heavy (non-hydrogen) atoms. The van der Waals surface area contributed by atoms with E-state index in [1.807, 2.05) is 48.5 Å². The van der Waals surface area contributed by atoms with Crippen LogP contribution >= 0.6 is 11.6 Å². The van der Waals surface area contributed by atoms with Gasteiger partial charge in [-0.05, 0) is 41.8 Å². The number of carbonyl (C=O) groups is 1. The van der Waals surface area contributed by atoms with Crippen molar-refractivity contribution in [2.45, 2.75) is 12.5 Å². The molecule has 1 fully saturated rings. The molecule has 1 amide bonds. The molecule has 5 nitrogen and oxygen atoms in total. The number of halogens is 1. The molecule has 132 valence electrons. The first-order valence-corrected chi connectivity index (χ1v) is 8.69. The van der Waals surface area contributed by atoms with Crippen molar-refractivity contribution in [3.05, 3.63) is 64.7 Å². The molecule has 1 heterocycles. The zero-order valence-electron chi connectivity index (χ0n) is 14.1. The van der Waals surface area contributed by atoms with E-state index in [0.717, 1.165) is 28.3 Å². The van der Waals surface area contributed by atoms with Crippen molar-refractivity contribution in [3.63, 3.8) is 0 Å². The molecule has 0 aliphatic carbocycles. The summed E-state index contributed by atoms with van der Waals surface area (Å²) in [6.07, 6.45) is 0.778. The van der Waals surface area contributed by atoms with Crippen molar-refractivity contribution in [2.24, 2.45) is 5.92 Å². The highest BCUT2D eigenvalue weighted by Crippen LogP contribution is 2.27. The van der Waals surface area contributed by atoms with Crippen LogP contribution in [0.2, 0.25) is 5.02 Å². The van der Waals surface area contributed by atoms with Gasteiger partial charge in [-0.15, -0.1) is 0 Å². The topological polar surface area (TPSA) is 62.4 Å². The van der Waals surface area contributed by atoms with Crippen molar-refractivity contribution in [1.29, 1.82) is 0 Å². The van der Waals surface area contributed by atoms with Crippen molar-refractivity contribution in [3.8, 4) is 5.75 Å². The highest BCUT2D eigenvalue weighted by atomic mass is 35.5. The molecule has 2 aromatic rings. The minimum absolute atomic E-state index is 0.0410. The number of hydrogen-bond acceptors (Lipinski definition) is 4. The van der Waals surface area contributed by atoms with Gasteiger partial charge in [-0.25, -0.2) is 5.43 Å². The van der Waals surface area contributed by atoms with Crippen LogP contribution in [0.15, 0.2) is 48.5 Å². The Morgan fingerprint density at radius 3 is 2.84 bits per heavy atom. The number of methoxy groups -OCH3 is 1. The molecule has 1 aliphatic rings. The van der Waals surface area contributed by atoms with Gasteiger partial charge in [-0.1, -0.05) is 35.9 Å². The summed E-state index contributed by atoms with van der Waals surface area (Å²) in [5.41, 5.74) is 8.46. The van der Waals surface area contributed by atoms with E-state index in [0.29, 0.717) is 13.1 Å². The molecule has 2 aromatic carbocycles. The molecular formula is C19H22ClN3O2. The molecule has 2 atom stereocenters. The predicted octanol–water partition coefficient (Wildman–Crippen LogP) is 2.47. The van der Waals surface area contributed by atoms with Crippen LogP contribution in [0.3, 0.4) is 0 Å². The van der Waals surface area contributed by atoms with Crippen LogP contribution in [-0.2, 0) is 11.2 Å². The van der Waals surface area contributed by atoms with Crippen LogP contribution in [0.25, 0.3) is 0 Å². The number of benzene rings is 2. The summed E-state index contributed by atoms with van der Waals surface area (Å²) in [6, 6.07) is 15.4. The molecule has 6 heteroatoms. The Morgan fingerprint density at radius 1 is 1.28 bits per heavy atom. The Labute approximate surface area is 152 Å². The molecule has 0 bridgehead atoms. The molecule has 0 spiro atoms. The Hall–Kier alpha value is -2.08. The van der Waals surface area contributed by atoms with Gasteiger partial charge in [0.25, 0.3) is 0 Å². The average Bonchev–Trinajstić information content (AvgIpc) is 3.13. The molecular weight excluding hydrogens is 338 g/mol. The maximum absolute atomic E-state index is 12.6. The Bertz CT molecular complexity index is 721. The maximum atomic E-state index is 12.6. The first-order chi connectivity index (χ1) is 12.2. The molecule has 0 radical (unpaired) electrons. The first-order valence-electron chi connectivity index (χ1n) is 8.32. The van der Waals surface area contributed by atoms with Crippen LogP contribution in [0.5, 0.6) is 5.75 Å². The van der Waals surface area contributed by atoms with Gasteiger partial charge in [-0.2, -0.15) is 0 Å². The highest BCUT2D eigenvalue weighted by Gasteiger charge is 2.33. The number of nitrogens with one attached hydrogen (secondary N) is 3. The second kappa shape index (κ2) is 8.34. The fourth-order valence-corrected chi connectivity index (χ4v) is 3.13. The zero-order chi connectivity index (χ0) is 17.6. The fourth-order valence-electron chi connectivity index (χ4n) is 3.00. The van der Waals surface area contributed by atoms with Gasteiger partial charge >= 0.3 is 0 Å². The molecule has 3 N–H and O–H groups in total. The van der Waals surface area contributed by atoms with E-state index in [9.17, 15) is 4.79 Å². The first kappa shape index (κ1) is 17.7. The fraction of sp³-hybridized carbons (Fsp3) is 0.316. The third kappa shape index (κ3) is 4.51. The van der Waals surface area contributed by atoms with Crippen LogP contribution in [0.4, 0.5) is 0 Å². The number of ether oxygens (including phenoxy) is 1. The van der Waals surface area contributed by atoms with Gasteiger partial charge < -0.3 is 10.1 Å². The monoisotopic (exact) mass is 359 g/mol. The van der Waals surface area contributed by atoms with E-state index in [-0.39, 0.29) is 17.9 Å². The van der Waals surface area contributed by atoms with Gasteiger partial charge in [0.2, 0.25) is 5.91 Å². The normalized spacial score (nSPS) is 19.6. The third-order valence-corrected chi connectivity index (χ3v) is 4.65. The average molecular weight is 360 g/mol. The Kier molecular flexibility index (Phi) is 5.91. The number of hydrazine groups is 1. The van der Waals surface area contributed by atoms with Crippen molar-refractivity contribution in [1.82, 2.24) is 16.2 Å². The van der Waals surface area contributed by atoms with Crippen molar-refractivity contribution in [2.75, 3.05) is 20.2 Å². The highest BCUT2D eigenvalue weighted by molar-refractivity contribution is 6.30. The minimum Gasteiger partial charge on any atom is -0.497 e. The zero-order valence-corrected chi connectivity index (χ0v) is 14.8. The van der Waals surface area contributed by atoms with E-state index >= 15 is 0 Å². The van der Waals surface area contributed by atoms with Gasteiger partial charge in [0.1, 0.15) is 5.75 Å². The third-order valence-electron chi connectivity index (χ3n) is 4.40. The second-order valence-electron chi connectivity index (χ2n) is 6.05. The van der Waals surface area contributed by atoms with Crippen LogP contribution in [0, 0.1) is 5.92 Å². The van der Waals surface area contributed by atoms with E-state index in [1.54, 1.807) is 7.11 Å². The van der Waals surface area contributed by atoms with E-state index in [1.165, 1.54) is 0 Å².